The topological polar surface area (TPSA) is 85.8 Å². The molecule has 2 aromatic rings. The zero-order chi connectivity index (χ0) is 13.1. The maximum Gasteiger partial charge on any atom is 0.255 e. The maximum atomic E-state index is 11.9. The Balaban J connectivity index is 2.11. The third-order valence-electron chi connectivity index (χ3n) is 2.43. The van der Waals surface area contributed by atoms with E-state index < -0.39 is 0 Å². The minimum Gasteiger partial charge on any atom is -0.384 e. The second-order valence-electron chi connectivity index (χ2n) is 4.23. The molecule has 0 aliphatic heterocycles. The number of rotatable bonds is 3. The van der Waals surface area contributed by atoms with E-state index in [1.807, 2.05) is 13.8 Å². The van der Waals surface area contributed by atoms with Gasteiger partial charge in [0.05, 0.1) is 11.9 Å². The lowest BCUT2D eigenvalue weighted by Crippen LogP contribution is -2.12. The highest BCUT2D eigenvalue weighted by Gasteiger charge is 2.08. The van der Waals surface area contributed by atoms with Gasteiger partial charge < -0.3 is 11.1 Å². The Bertz CT molecular complexity index is 561. The first-order valence-corrected chi connectivity index (χ1v) is 5.63. The Kier molecular flexibility index (Phi) is 3.27. The summed E-state index contributed by atoms with van der Waals surface area (Å²) in [5.41, 5.74) is 6.65. The van der Waals surface area contributed by atoms with E-state index in [-0.39, 0.29) is 11.9 Å². The minimum atomic E-state index is -0.229. The van der Waals surface area contributed by atoms with Crippen molar-refractivity contribution >= 4 is 17.4 Å². The van der Waals surface area contributed by atoms with E-state index >= 15 is 0 Å². The standard InChI is InChI=1S/C12H15N5O/c1-8(2)17-7-10(6-15-17)16-12(18)9-3-4-14-11(13)5-9/h3-8H,1-2H3,(H2,13,14)(H,16,18). The summed E-state index contributed by atoms with van der Waals surface area (Å²) in [7, 11) is 0. The zero-order valence-corrected chi connectivity index (χ0v) is 10.3. The third-order valence-corrected chi connectivity index (χ3v) is 2.43. The molecule has 3 N–H and O–H groups in total. The predicted octanol–water partition coefficient (Wildman–Crippen LogP) is 1.69. The molecule has 0 unspecified atom stereocenters. The molecular weight excluding hydrogens is 230 g/mol. The van der Waals surface area contributed by atoms with E-state index in [1.165, 1.54) is 12.3 Å². The van der Waals surface area contributed by atoms with Crippen LogP contribution in [-0.4, -0.2) is 20.7 Å². The van der Waals surface area contributed by atoms with E-state index in [0.717, 1.165) is 0 Å². The van der Waals surface area contributed by atoms with Crippen molar-refractivity contribution in [2.75, 3.05) is 11.1 Å². The number of amides is 1. The first-order valence-electron chi connectivity index (χ1n) is 5.63. The average Bonchev–Trinajstić information content (AvgIpc) is 2.77. The van der Waals surface area contributed by atoms with Crippen LogP contribution in [0.25, 0.3) is 0 Å². The minimum absolute atomic E-state index is 0.229. The Labute approximate surface area is 105 Å². The van der Waals surface area contributed by atoms with Gasteiger partial charge in [-0.15, -0.1) is 0 Å². The van der Waals surface area contributed by atoms with Crippen molar-refractivity contribution in [2.45, 2.75) is 19.9 Å². The molecule has 6 nitrogen and oxygen atoms in total. The van der Waals surface area contributed by atoms with Crippen molar-refractivity contribution in [3.8, 4) is 0 Å². The van der Waals surface area contributed by atoms with Crippen LogP contribution in [-0.2, 0) is 0 Å². The van der Waals surface area contributed by atoms with Crippen LogP contribution in [0.5, 0.6) is 0 Å². The molecule has 0 spiro atoms. The molecule has 0 saturated carbocycles. The van der Waals surface area contributed by atoms with Crippen LogP contribution < -0.4 is 11.1 Å². The molecule has 0 bridgehead atoms. The van der Waals surface area contributed by atoms with Gasteiger partial charge in [0.15, 0.2) is 0 Å². The van der Waals surface area contributed by atoms with Gasteiger partial charge in [-0.25, -0.2) is 4.98 Å². The first kappa shape index (κ1) is 12.1. The van der Waals surface area contributed by atoms with E-state index in [9.17, 15) is 4.79 Å². The maximum absolute atomic E-state index is 11.9. The van der Waals surface area contributed by atoms with Crippen LogP contribution in [0.15, 0.2) is 30.7 Å². The van der Waals surface area contributed by atoms with Gasteiger partial charge in [0.1, 0.15) is 5.82 Å². The van der Waals surface area contributed by atoms with E-state index in [1.54, 1.807) is 23.1 Å². The third kappa shape index (κ3) is 2.65. The normalized spacial score (nSPS) is 10.6. The molecule has 0 aromatic carbocycles. The number of nitrogens with one attached hydrogen (secondary N) is 1. The van der Waals surface area contributed by atoms with Crippen LogP contribution in [0.2, 0.25) is 0 Å². The number of nitrogens with two attached hydrogens (primary N) is 1. The molecule has 0 atom stereocenters. The molecular formula is C12H15N5O. The summed E-state index contributed by atoms with van der Waals surface area (Å²) in [6.07, 6.45) is 4.90. The van der Waals surface area contributed by atoms with Crippen LogP contribution in [0, 0.1) is 0 Å². The van der Waals surface area contributed by atoms with E-state index in [0.29, 0.717) is 17.1 Å². The van der Waals surface area contributed by atoms with E-state index in [4.69, 9.17) is 5.73 Å². The molecule has 0 aliphatic carbocycles. The monoisotopic (exact) mass is 245 g/mol. The quantitative estimate of drug-likeness (QED) is 0.861. The molecule has 2 rings (SSSR count). The largest absolute Gasteiger partial charge is 0.384 e. The summed E-state index contributed by atoms with van der Waals surface area (Å²) < 4.78 is 1.77. The van der Waals surface area contributed by atoms with Crippen molar-refractivity contribution in [3.63, 3.8) is 0 Å². The highest BCUT2D eigenvalue weighted by atomic mass is 16.1. The van der Waals surface area contributed by atoms with Crippen molar-refractivity contribution < 1.29 is 4.79 Å². The van der Waals surface area contributed by atoms with Crippen LogP contribution in [0.1, 0.15) is 30.2 Å². The molecule has 0 saturated heterocycles. The molecule has 6 heteroatoms. The number of carbonyl (C=O) groups is 1. The van der Waals surface area contributed by atoms with Crippen LogP contribution >= 0.6 is 0 Å². The van der Waals surface area contributed by atoms with Crippen molar-refractivity contribution in [2.24, 2.45) is 0 Å². The molecule has 18 heavy (non-hydrogen) atoms. The smallest absolute Gasteiger partial charge is 0.255 e. The first-order chi connectivity index (χ1) is 8.56. The Morgan fingerprint density at radius 1 is 1.50 bits per heavy atom. The van der Waals surface area contributed by atoms with Gasteiger partial charge in [-0.1, -0.05) is 0 Å². The van der Waals surface area contributed by atoms with Crippen molar-refractivity contribution in [1.29, 1.82) is 0 Å². The molecule has 0 fully saturated rings. The lowest BCUT2D eigenvalue weighted by atomic mass is 10.2. The average molecular weight is 245 g/mol. The summed E-state index contributed by atoms with van der Waals surface area (Å²) in [5, 5.41) is 6.90. The number of pyridine rings is 1. The Morgan fingerprint density at radius 3 is 2.89 bits per heavy atom. The molecule has 2 aromatic heterocycles. The lowest BCUT2D eigenvalue weighted by Gasteiger charge is -2.04. The van der Waals surface area contributed by atoms with Gasteiger partial charge >= 0.3 is 0 Å². The summed E-state index contributed by atoms with van der Waals surface area (Å²) in [6, 6.07) is 3.40. The second kappa shape index (κ2) is 4.87. The SMILES string of the molecule is CC(C)n1cc(NC(=O)c2ccnc(N)c2)cn1. The van der Waals surface area contributed by atoms with Crippen molar-refractivity contribution in [3.05, 3.63) is 36.3 Å². The van der Waals surface area contributed by atoms with Crippen LogP contribution in [0.3, 0.4) is 0 Å². The molecule has 94 valence electrons. The number of aromatic nitrogens is 3. The van der Waals surface area contributed by atoms with Gasteiger partial charge in [0.25, 0.3) is 5.91 Å². The fourth-order valence-corrected chi connectivity index (χ4v) is 1.48. The van der Waals surface area contributed by atoms with Gasteiger partial charge in [0, 0.05) is 24.0 Å². The number of anilines is 2. The zero-order valence-electron chi connectivity index (χ0n) is 10.3. The highest BCUT2D eigenvalue weighted by Crippen LogP contribution is 2.12. The number of nitrogens with zero attached hydrogens (tertiary/aromatic N) is 3. The van der Waals surface area contributed by atoms with Crippen molar-refractivity contribution in [1.82, 2.24) is 14.8 Å². The van der Waals surface area contributed by atoms with Crippen LogP contribution in [0.4, 0.5) is 11.5 Å². The summed E-state index contributed by atoms with van der Waals surface area (Å²) in [6.45, 7) is 4.03. The number of carbonyl (C=O) groups excluding carboxylic acids is 1. The Morgan fingerprint density at radius 2 is 2.28 bits per heavy atom. The van der Waals surface area contributed by atoms with Gasteiger partial charge in [-0.3, -0.25) is 9.48 Å². The molecule has 0 radical (unpaired) electrons. The van der Waals surface area contributed by atoms with Gasteiger partial charge in [0.2, 0.25) is 0 Å². The predicted molar refractivity (Wildman–Crippen MR) is 69.2 cm³/mol. The summed E-state index contributed by atoms with van der Waals surface area (Å²) >= 11 is 0. The highest BCUT2D eigenvalue weighted by molar-refractivity contribution is 6.04. The fourth-order valence-electron chi connectivity index (χ4n) is 1.48. The summed E-state index contributed by atoms with van der Waals surface area (Å²) in [5.74, 6) is 0.0907. The number of hydrogen-bond donors (Lipinski definition) is 2. The number of hydrogen-bond acceptors (Lipinski definition) is 4. The second-order valence-corrected chi connectivity index (χ2v) is 4.23. The van der Waals surface area contributed by atoms with Gasteiger partial charge in [-0.2, -0.15) is 5.10 Å². The Hall–Kier alpha value is -2.37. The fraction of sp³-hybridized carbons (Fsp3) is 0.250. The molecule has 0 aliphatic rings. The van der Waals surface area contributed by atoms with E-state index in [2.05, 4.69) is 15.4 Å². The lowest BCUT2D eigenvalue weighted by molar-refractivity contribution is 0.102. The summed E-state index contributed by atoms with van der Waals surface area (Å²) in [4.78, 5) is 15.8. The number of nitrogen functional groups attached to an aromatic ring is 1. The van der Waals surface area contributed by atoms with Gasteiger partial charge in [-0.05, 0) is 26.0 Å². The molecule has 1 amide bonds. The molecule has 2 heterocycles.